The second-order valence-electron chi connectivity index (χ2n) is 4.20. The van der Waals surface area contributed by atoms with Gasteiger partial charge in [0.25, 0.3) is 0 Å². The molecule has 1 aromatic rings. The van der Waals surface area contributed by atoms with Gasteiger partial charge in [-0.25, -0.2) is 4.39 Å². The van der Waals surface area contributed by atoms with Gasteiger partial charge in [-0.2, -0.15) is 0 Å². The van der Waals surface area contributed by atoms with Crippen molar-refractivity contribution in [3.8, 4) is 0 Å². The lowest BCUT2D eigenvalue weighted by atomic mass is 10.00. The molecular formula is C11H13BrFN. The summed E-state index contributed by atoms with van der Waals surface area (Å²) in [6.45, 7) is 1.99. The molecule has 1 fully saturated rings. The second kappa shape index (κ2) is 3.31. The van der Waals surface area contributed by atoms with Crippen molar-refractivity contribution in [2.24, 2.45) is 5.73 Å². The summed E-state index contributed by atoms with van der Waals surface area (Å²) in [5.41, 5.74) is 8.08. The molecule has 76 valence electrons. The predicted octanol–water partition coefficient (Wildman–Crippen LogP) is 2.93. The van der Waals surface area contributed by atoms with Crippen molar-refractivity contribution in [1.82, 2.24) is 0 Å². The van der Waals surface area contributed by atoms with Crippen LogP contribution in [-0.4, -0.2) is 5.54 Å². The van der Waals surface area contributed by atoms with E-state index in [1.807, 2.05) is 6.92 Å². The summed E-state index contributed by atoms with van der Waals surface area (Å²) in [5.74, 6) is -0.199. The standard InChI is InChI=1S/C11H13BrFN/c1-7-2-3-9(13)10(12)8(7)6-11(14)4-5-11/h2-3H,4-6,14H2,1H3. The van der Waals surface area contributed by atoms with Crippen LogP contribution in [0.4, 0.5) is 4.39 Å². The van der Waals surface area contributed by atoms with Gasteiger partial charge in [0.2, 0.25) is 0 Å². The van der Waals surface area contributed by atoms with E-state index in [0.29, 0.717) is 4.47 Å². The minimum atomic E-state index is -0.199. The average molecular weight is 258 g/mol. The molecule has 0 spiro atoms. The molecule has 0 aliphatic heterocycles. The summed E-state index contributed by atoms with van der Waals surface area (Å²) in [6.07, 6.45) is 2.88. The molecule has 1 nitrogen and oxygen atoms in total. The molecule has 0 amide bonds. The van der Waals surface area contributed by atoms with E-state index in [1.165, 1.54) is 6.07 Å². The van der Waals surface area contributed by atoms with Gasteiger partial charge in [0.15, 0.2) is 0 Å². The topological polar surface area (TPSA) is 26.0 Å². The maximum Gasteiger partial charge on any atom is 0.137 e. The Bertz CT molecular complexity index is 372. The quantitative estimate of drug-likeness (QED) is 0.867. The average Bonchev–Trinajstić information content (AvgIpc) is 2.86. The Hall–Kier alpha value is -0.410. The Morgan fingerprint density at radius 3 is 2.71 bits per heavy atom. The minimum absolute atomic E-state index is 0.0684. The lowest BCUT2D eigenvalue weighted by molar-refractivity contribution is 0.608. The predicted molar refractivity (Wildman–Crippen MR) is 58.7 cm³/mol. The molecule has 1 aliphatic carbocycles. The molecule has 0 bridgehead atoms. The third-order valence-electron chi connectivity index (χ3n) is 2.85. The smallest absolute Gasteiger partial charge is 0.137 e. The first-order chi connectivity index (χ1) is 6.52. The van der Waals surface area contributed by atoms with Crippen molar-refractivity contribution in [2.75, 3.05) is 0 Å². The normalized spacial score (nSPS) is 18.3. The molecule has 0 unspecified atom stereocenters. The summed E-state index contributed by atoms with van der Waals surface area (Å²) in [5, 5.41) is 0. The van der Waals surface area contributed by atoms with Crippen LogP contribution < -0.4 is 5.73 Å². The van der Waals surface area contributed by atoms with E-state index in [1.54, 1.807) is 6.07 Å². The van der Waals surface area contributed by atoms with Gasteiger partial charge in [0.05, 0.1) is 4.47 Å². The van der Waals surface area contributed by atoms with Gasteiger partial charge in [0, 0.05) is 5.54 Å². The van der Waals surface area contributed by atoms with Crippen LogP contribution in [0.2, 0.25) is 0 Å². The van der Waals surface area contributed by atoms with Crippen LogP contribution in [0, 0.1) is 12.7 Å². The highest BCUT2D eigenvalue weighted by Crippen LogP contribution is 2.38. The Morgan fingerprint density at radius 1 is 1.50 bits per heavy atom. The van der Waals surface area contributed by atoms with Crippen LogP contribution in [0.15, 0.2) is 16.6 Å². The van der Waals surface area contributed by atoms with Crippen LogP contribution in [-0.2, 0) is 6.42 Å². The number of nitrogens with two attached hydrogens (primary N) is 1. The molecule has 1 aromatic carbocycles. The first kappa shape index (κ1) is 10.1. The molecule has 1 aliphatic rings. The molecule has 0 saturated heterocycles. The fourth-order valence-corrected chi connectivity index (χ4v) is 2.18. The zero-order valence-corrected chi connectivity index (χ0v) is 9.70. The van der Waals surface area contributed by atoms with Crippen molar-refractivity contribution in [2.45, 2.75) is 31.7 Å². The van der Waals surface area contributed by atoms with Gasteiger partial charge in [-0.1, -0.05) is 6.07 Å². The first-order valence-corrected chi connectivity index (χ1v) is 5.53. The maximum absolute atomic E-state index is 13.3. The molecule has 2 rings (SSSR count). The van der Waals surface area contributed by atoms with Gasteiger partial charge in [0.1, 0.15) is 5.82 Å². The van der Waals surface area contributed by atoms with Crippen LogP contribution in [0.25, 0.3) is 0 Å². The van der Waals surface area contributed by atoms with Crippen LogP contribution in [0.1, 0.15) is 24.0 Å². The number of hydrogen-bond donors (Lipinski definition) is 1. The van der Waals surface area contributed by atoms with E-state index in [2.05, 4.69) is 15.9 Å². The summed E-state index contributed by atoms with van der Waals surface area (Å²) >= 11 is 3.28. The number of benzene rings is 1. The van der Waals surface area contributed by atoms with Gasteiger partial charge < -0.3 is 5.73 Å². The van der Waals surface area contributed by atoms with Crippen LogP contribution in [0.5, 0.6) is 0 Å². The molecular weight excluding hydrogens is 245 g/mol. The number of aryl methyl sites for hydroxylation is 1. The number of rotatable bonds is 2. The lowest BCUT2D eigenvalue weighted by Gasteiger charge is -2.13. The fourth-order valence-electron chi connectivity index (χ4n) is 1.60. The largest absolute Gasteiger partial charge is 0.325 e. The zero-order valence-electron chi connectivity index (χ0n) is 8.11. The third-order valence-corrected chi connectivity index (χ3v) is 3.71. The van der Waals surface area contributed by atoms with E-state index in [9.17, 15) is 4.39 Å². The third kappa shape index (κ3) is 1.84. The first-order valence-electron chi connectivity index (χ1n) is 4.74. The van der Waals surface area contributed by atoms with Gasteiger partial charge in [-0.15, -0.1) is 0 Å². The highest BCUT2D eigenvalue weighted by Gasteiger charge is 2.38. The van der Waals surface area contributed by atoms with E-state index < -0.39 is 0 Å². The Labute approximate surface area is 91.6 Å². The molecule has 0 aromatic heterocycles. The van der Waals surface area contributed by atoms with Crippen LogP contribution in [0.3, 0.4) is 0 Å². The minimum Gasteiger partial charge on any atom is -0.325 e. The lowest BCUT2D eigenvalue weighted by Crippen LogP contribution is -2.25. The van der Waals surface area contributed by atoms with E-state index in [0.717, 1.165) is 30.4 Å². The molecule has 2 N–H and O–H groups in total. The summed E-state index contributed by atoms with van der Waals surface area (Å²) in [7, 11) is 0. The van der Waals surface area contributed by atoms with E-state index in [4.69, 9.17) is 5.73 Å². The molecule has 14 heavy (non-hydrogen) atoms. The van der Waals surface area contributed by atoms with Crippen molar-refractivity contribution in [3.63, 3.8) is 0 Å². The summed E-state index contributed by atoms with van der Waals surface area (Å²) in [4.78, 5) is 0. The Morgan fingerprint density at radius 2 is 2.14 bits per heavy atom. The van der Waals surface area contributed by atoms with Gasteiger partial charge in [-0.3, -0.25) is 0 Å². The molecule has 0 atom stereocenters. The van der Waals surface area contributed by atoms with Crippen molar-refractivity contribution >= 4 is 15.9 Å². The van der Waals surface area contributed by atoms with Crippen LogP contribution >= 0.6 is 15.9 Å². The summed E-state index contributed by atoms with van der Waals surface area (Å²) < 4.78 is 13.8. The zero-order chi connectivity index (χ0) is 10.3. The molecule has 1 saturated carbocycles. The highest BCUT2D eigenvalue weighted by molar-refractivity contribution is 9.10. The second-order valence-corrected chi connectivity index (χ2v) is 4.99. The highest BCUT2D eigenvalue weighted by atomic mass is 79.9. The molecule has 3 heteroatoms. The van der Waals surface area contributed by atoms with E-state index >= 15 is 0 Å². The Kier molecular flexibility index (Phi) is 2.40. The Balaban J connectivity index is 2.35. The fraction of sp³-hybridized carbons (Fsp3) is 0.455. The molecule has 0 heterocycles. The SMILES string of the molecule is Cc1ccc(F)c(Br)c1CC1(N)CC1. The maximum atomic E-state index is 13.3. The number of hydrogen-bond acceptors (Lipinski definition) is 1. The van der Waals surface area contributed by atoms with Gasteiger partial charge >= 0.3 is 0 Å². The van der Waals surface area contributed by atoms with Crippen molar-refractivity contribution in [1.29, 1.82) is 0 Å². The number of halogens is 2. The van der Waals surface area contributed by atoms with Crippen molar-refractivity contribution in [3.05, 3.63) is 33.5 Å². The summed E-state index contributed by atoms with van der Waals surface area (Å²) in [6, 6.07) is 3.29. The van der Waals surface area contributed by atoms with Crippen molar-refractivity contribution < 1.29 is 4.39 Å². The monoisotopic (exact) mass is 257 g/mol. The van der Waals surface area contributed by atoms with Gasteiger partial charge in [-0.05, 0) is 59.3 Å². The van der Waals surface area contributed by atoms with E-state index in [-0.39, 0.29) is 11.4 Å². The molecule has 0 radical (unpaired) electrons.